The van der Waals surface area contributed by atoms with E-state index in [0.29, 0.717) is 12.8 Å². The van der Waals surface area contributed by atoms with Crippen molar-refractivity contribution < 1.29 is 19.1 Å². The molecule has 2 atom stereocenters. The van der Waals surface area contributed by atoms with Crippen LogP contribution in [0, 0.1) is 11.8 Å². The van der Waals surface area contributed by atoms with Crippen LogP contribution in [0.25, 0.3) is 0 Å². The summed E-state index contributed by atoms with van der Waals surface area (Å²) in [5, 5.41) is 0. The zero-order valence-corrected chi connectivity index (χ0v) is 19.0. The predicted molar refractivity (Wildman–Crippen MR) is 125 cm³/mol. The van der Waals surface area contributed by atoms with Crippen molar-refractivity contribution in [3.8, 4) is 0 Å². The Hall–Kier alpha value is -3.14. The number of hydrogen-bond donors (Lipinski definition) is 0. The maximum absolute atomic E-state index is 13.0. The van der Waals surface area contributed by atoms with E-state index >= 15 is 0 Å². The number of benzene rings is 2. The fraction of sp³-hybridized carbons (Fsp3) is 0.357. The van der Waals surface area contributed by atoms with E-state index in [0.717, 1.165) is 24.0 Å². The normalized spacial score (nSPS) is 17.8. The number of ether oxygens (including phenoxy) is 2. The smallest absolute Gasteiger partial charge is 0.310 e. The van der Waals surface area contributed by atoms with Gasteiger partial charge in [0.25, 0.3) is 0 Å². The van der Waals surface area contributed by atoms with Crippen molar-refractivity contribution in [3.05, 3.63) is 95.1 Å². The third-order valence-corrected chi connectivity index (χ3v) is 5.70. The first-order chi connectivity index (χ1) is 15.5. The van der Waals surface area contributed by atoms with Crippen LogP contribution in [0.4, 0.5) is 0 Å². The molecule has 4 nitrogen and oxygen atoms in total. The maximum Gasteiger partial charge on any atom is 0.310 e. The van der Waals surface area contributed by atoms with E-state index in [2.05, 4.69) is 26.0 Å². The maximum atomic E-state index is 13.0. The topological polar surface area (TPSA) is 52.6 Å². The van der Waals surface area contributed by atoms with Gasteiger partial charge in [-0.15, -0.1) is 0 Å². The molecule has 0 radical (unpaired) electrons. The summed E-state index contributed by atoms with van der Waals surface area (Å²) in [6.45, 7) is 4.58. The summed E-state index contributed by atoms with van der Waals surface area (Å²) >= 11 is 0. The minimum absolute atomic E-state index is 0.207. The lowest BCUT2D eigenvalue weighted by atomic mass is 9.78. The Kier molecular flexibility index (Phi) is 8.85. The van der Waals surface area contributed by atoms with E-state index in [9.17, 15) is 9.59 Å². The van der Waals surface area contributed by atoms with Crippen LogP contribution >= 0.6 is 0 Å². The van der Waals surface area contributed by atoms with Crippen LogP contribution in [0.5, 0.6) is 0 Å². The average molecular weight is 433 g/mol. The molecule has 168 valence electrons. The third kappa shape index (κ3) is 7.23. The van der Waals surface area contributed by atoms with Crippen molar-refractivity contribution >= 4 is 11.9 Å². The Labute approximate surface area is 190 Å². The van der Waals surface area contributed by atoms with Gasteiger partial charge in [-0.1, -0.05) is 84.0 Å². The number of carbonyl (C=O) groups excluding carboxylic acids is 2. The van der Waals surface area contributed by atoms with Crippen molar-refractivity contribution in [2.75, 3.05) is 0 Å². The van der Waals surface area contributed by atoms with Gasteiger partial charge in [-0.3, -0.25) is 9.59 Å². The van der Waals surface area contributed by atoms with Gasteiger partial charge in [0.05, 0.1) is 11.8 Å². The summed E-state index contributed by atoms with van der Waals surface area (Å²) in [6, 6.07) is 19.2. The van der Waals surface area contributed by atoms with Crippen LogP contribution in [0.15, 0.2) is 84.0 Å². The molecule has 1 aliphatic rings. The fourth-order valence-corrected chi connectivity index (χ4v) is 3.90. The van der Waals surface area contributed by atoms with Gasteiger partial charge in [0.2, 0.25) is 0 Å². The minimum Gasteiger partial charge on any atom is -0.461 e. The van der Waals surface area contributed by atoms with E-state index in [1.54, 1.807) is 0 Å². The van der Waals surface area contributed by atoms with Gasteiger partial charge < -0.3 is 9.47 Å². The van der Waals surface area contributed by atoms with Gasteiger partial charge in [-0.25, -0.2) is 0 Å². The van der Waals surface area contributed by atoms with Crippen molar-refractivity contribution in [3.63, 3.8) is 0 Å². The third-order valence-electron chi connectivity index (χ3n) is 5.70. The SMILES string of the molecule is CC(C)=CCCC1=CCC(C(=O)OCc2ccccc2)C(C(=O)OCc2ccccc2)C1. The second kappa shape index (κ2) is 12.0. The highest BCUT2D eigenvalue weighted by molar-refractivity contribution is 5.83. The lowest BCUT2D eigenvalue weighted by molar-refractivity contribution is -0.162. The van der Waals surface area contributed by atoms with Crippen molar-refractivity contribution in [1.29, 1.82) is 0 Å². The Morgan fingerprint density at radius 1 is 0.844 bits per heavy atom. The molecule has 0 heterocycles. The molecule has 32 heavy (non-hydrogen) atoms. The second-order valence-electron chi connectivity index (χ2n) is 8.52. The highest BCUT2D eigenvalue weighted by atomic mass is 16.5. The quantitative estimate of drug-likeness (QED) is 0.351. The molecule has 2 unspecified atom stereocenters. The number of rotatable bonds is 9. The number of hydrogen-bond acceptors (Lipinski definition) is 4. The second-order valence-corrected chi connectivity index (χ2v) is 8.52. The molecule has 0 spiro atoms. The van der Waals surface area contributed by atoms with Crippen molar-refractivity contribution in [1.82, 2.24) is 0 Å². The first-order valence-corrected chi connectivity index (χ1v) is 11.3. The molecule has 1 aliphatic carbocycles. The van der Waals surface area contributed by atoms with Crippen molar-refractivity contribution in [2.24, 2.45) is 11.8 Å². The van der Waals surface area contributed by atoms with E-state index in [1.165, 1.54) is 11.1 Å². The predicted octanol–water partition coefficient (Wildman–Crippen LogP) is 6.17. The first-order valence-electron chi connectivity index (χ1n) is 11.3. The van der Waals surface area contributed by atoms with Crippen LogP contribution < -0.4 is 0 Å². The van der Waals surface area contributed by atoms with Crippen LogP contribution in [0.1, 0.15) is 50.7 Å². The zero-order valence-electron chi connectivity index (χ0n) is 19.0. The Morgan fingerprint density at radius 2 is 1.38 bits per heavy atom. The molecular formula is C28H32O4. The first kappa shape index (κ1) is 23.5. The van der Waals surface area contributed by atoms with E-state index in [4.69, 9.17) is 9.47 Å². The van der Waals surface area contributed by atoms with Crippen molar-refractivity contribution in [2.45, 2.75) is 52.7 Å². The molecule has 3 rings (SSSR count). The molecular weight excluding hydrogens is 400 g/mol. The standard InChI is InChI=1S/C28H32O4/c1-21(2)10-9-15-22-16-17-25(27(29)31-19-23-11-5-3-6-12-23)26(18-22)28(30)32-20-24-13-7-4-8-14-24/h3-8,10-14,16,25-26H,9,15,17-20H2,1-2H3. The van der Waals surface area contributed by atoms with Gasteiger partial charge in [0.15, 0.2) is 0 Å². The summed E-state index contributed by atoms with van der Waals surface area (Å²) in [5.74, 6) is -1.71. The Balaban J connectivity index is 1.66. The largest absolute Gasteiger partial charge is 0.461 e. The molecule has 0 N–H and O–H groups in total. The Morgan fingerprint density at radius 3 is 1.91 bits per heavy atom. The molecule has 2 aromatic rings. The summed E-state index contributed by atoms with van der Waals surface area (Å²) in [6.07, 6.45) is 7.17. The average Bonchev–Trinajstić information content (AvgIpc) is 2.82. The van der Waals surface area contributed by atoms with Crippen LogP contribution in [0.2, 0.25) is 0 Å². The van der Waals surface area contributed by atoms with E-state index in [1.807, 2.05) is 60.7 Å². The van der Waals surface area contributed by atoms with E-state index in [-0.39, 0.29) is 25.2 Å². The number of esters is 2. The molecule has 0 fully saturated rings. The molecule has 0 aromatic heterocycles. The molecule has 4 heteroatoms. The lowest BCUT2D eigenvalue weighted by Crippen LogP contribution is -2.34. The molecule has 0 amide bonds. The summed E-state index contributed by atoms with van der Waals surface area (Å²) in [4.78, 5) is 25.9. The van der Waals surface area contributed by atoms with Crippen LogP contribution in [0.3, 0.4) is 0 Å². The van der Waals surface area contributed by atoms with Gasteiger partial charge >= 0.3 is 11.9 Å². The van der Waals surface area contributed by atoms with Crippen LogP contribution in [-0.2, 0) is 32.3 Å². The lowest BCUT2D eigenvalue weighted by Gasteiger charge is -2.28. The fourth-order valence-electron chi connectivity index (χ4n) is 3.90. The molecule has 2 aromatic carbocycles. The molecule has 0 saturated heterocycles. The zero-order chi connectivity index (χ0) is 22.8. The van der Waals surface area contributed by atoms with Gasteiger partial charge in [0, 0.05) is 0 Å². The monoisotopic (exact) mass is 432 g/mol. The highest BCUT2D eigenvalue weighted by Gasteiger charge is 2.38. The minimum atomic E-state index is -0.520. The summed E-state index contributed by atoms with van der Waals surface area (Å²) in [5.41, 5.74) is 4.34. The van der Waals surface area contributed by atoms with Gasteiger partial charge in [0.1, 0.15) is 13.2 Å². The van der Waals surface area contributed by atoms with E-state index < -0.39 is 11.8 Å². The molecule has 0 saturated carbocycles. The molecule has 0 bridgehead atoms. The highest BCUT2D eigenvalue weighted by Crippen LogP contribution is 2.34. The molecule has 0 aliphatic heterocycles. The number of allylic oxidation sites excluding steroid dienone is 4. The van der Waals surface area contributed by atoms with Gasteiger partial charge in [-0.2, -0.15) is 0 Å². The summed E-state index contributed by atoms with van der Waals surface area (Å²) < 4.78 is 11.2. The van der Waals surface area contributed by atoms with Gasteiger partial charge in [-0.05, 0) is 50.7 Å². The number of carbonyl (C=O) groups is 2. The van der Waals surface area contributed by atoms with Crippen LogP contribution in [-0.4, -0.2) is 11.9 Å². The Bertz CT molecular complexity index is 940. The summed E-state index contributed by atoms with van der Waals surface area (Å²) in [7, 11) is 0.